The number of hydrogen-bond acceptors (Lipinski definition) is 2. The van der Waals surface area contributed by atoms with Crippen molar-refractivity contribution in [2.24, 2.45) is 11.3 Å². The van der Waals surface area contributed by atoms with Crippen LogP contribution in [0.15, 0.2) is 30.3 Å². The quantitative estimate of drug-likeness (QED) is 0.772. The maximum Gasteiger partial charge on any atom is 0.0717 e. The zero-order chi connectivity index (χ0) is 11.4. The molecule has 0 N–H and O–H groups in total. The molecule has 1 saturated heterocycles. The van der Waals surface area contributed by atoms with Crippen molar-refractivity contribution >= 4 is 11.8 Å². The lowest BCUT2D eigenvalue weighted by Crippen LogP contribution is -2.44. The molecule has 2 rings (SSSR count). The van der Waals surface area contributed by atoms with Gasteiger partial charge in [-0.15, -0.1) is 0 Å². The Kier molecular flexibility index (Phi) is 3.93. The fraction of sp³-hybridized carbons (Fsp3) is 0.571. The summed E-state index contributed by atoms with van der Waals surface area (Å²) in [5.41, 5.74) is 1.72. The second kappa shape index (κ2) is 5.24. The normalized spacial score (nSPS) is 18.4. The van der Waals surface area contributed by atoms with Crippen molar-refractivity contribution in [3.63, 3.8) is 0 Å². The molecule has 0 spiro atoms. The average molecular weight is 236 g/mol. The van der Waals surface area contributed by atoms with E-state index in [4.69, 9.17) is 4.74 Å². The summed E-state index contributed by atoms with van der Waals surface area (Å²) in [4.78, 5) is 0. The minimum atomic E-state index is 0.444. The Hall–Kier alpha value is -0.470. The van der Waals surface area contributed by atoms with Crippen LogP contribution >= 0.6 is 11.8 Å². The number of ether oxygens (including phenoxy) is 1. The van der Waals surface area contributed by atoms with E-state index in [9.17, 15) is 0 Å². The Morgan fingerprint density at radius 3 is 2.44 bits per heavy atom. The molecular weight excluding hydrogens is 216 g/mol. The summed E-state index contributed by atoms with van der Waals surface area (Å²) in [6.45, 7) is 6.28. The summed E-state index contributed by atoms with van der Waals surface area (Å²) in [5.74, 6) is 3.25. The van der Waals surface area contributed by atoms with E-state index in [1.807, 2.05) is 17.8 Å². The van der Waals surface area contributed by atoms with Crippen molar-refractivity contribution in [3.05, 3.63) is 35.9 Å². The molecule has 0 unspecified atom stereocenters. The van der Waals surface area contributed by atoms with Crippen LogP contribution in [0.25, 0.3) is 0 Å². The largest absolute Gasteiger partial charge is 0.376 e. The molecule has 0 saturated carbocycles. The van der Waals surface area contributed by atoms with Gasteiger partial charge in [-0.2, -0.15) is 11.8 Å². The van der Waals surface area contributed by atoms with E-state index in [1.54, 1.807) is 0 Å². The van der Waals surface area contributed by atoms with E-state index in [0.717, 1.165) is 19.1 Å². The molecule has 0 atom stereocenters. The fourth-order valence-corrected chi connectivity index (χ4v) is 3.46. The van der Waals surface area contributed by atoms with Gasteiger partial charge in [-0.05, 0) is 11.5 Å². The third-order valence-electron chi connectivity index (χ3n) is 3.50. The van der Waals surface area contributed by atoms with Crippen LogP contribution in [0, 0.1) is 11.3 Å². The zero-order valence-electron chi connectivity index (χ0n) is 10.1. The Bertz CT molecular complexity index is 317. The van der Waals surface area contributed by atoms with Crippen LogP contribution in [0.1, 0.15) is 19.4 Å². The summed E-state index contributed by atoms with van der Waals surface area (Å²) < 4.78 is 5.87. The first-order chi connectivity index (χ1) is 7.73. The highest BCUT2D eigenvalue weighted by Crippen LogP contribution is 2.44. The lowest BCUT2D eigenvalue weighted by molar-refractivity contribution is 0.0273. The zero-order valence-corrected chi connectivity index (χ0v) is 10.9. The minimum absolute atomic E-state index is 0.444. The van der Waals surface area contributed by atoms with Gasteiger partial charge in [-0.3, -0.25) is 0 Å². The molecule has 0 bridgehead atoms. The molecule has 0 amide bonds. The van der Waals surface area contributed by atoms with Crippen molar-refractivity contribution in [1.82, 2.24) is 0 Å². The first kappa shape index (κ1) is 12.0. The van der Waals surface area contributed by atoms with Gasteiger partial charge in [-0.25, -0.2) is 0 Å². The SMILES string of the molecule is CC(C)C1(COCc2ccccc2)CSC1. The smallest absolute Gasteiger partial charge is 0.0717 e. The van der Waals surface area contributed by atoms with Crippen LogP contribution in [-0.2, 0) is 11.3 Å². The van der Waals surface area contributed by atoms with Gasteiger partial charge in [0.2, 0.25) is 0 Å². The van der Waals surface area contributed by atoms with Crippen LogP contribution in [0.3, 0.4) is 0 Å². The summed E-state index contributed by atoms with van der Waals surface area (Å²) in [6, 6.07) is 10.4. The van der Waals surface area contributed by atoms with Crippen molar-refractivity contribution < 1.29 is 4.74 Å². The molecule has 1 aliphatic heterocycles. The average Bonchev–Trinajstić information content (AvgIpc) is 2.23. The predicted octanol–water partition coefficient (Wildman–Crippen LogP) is 3.59. The number of rotatable bonds is 5. The van der Waals surface area contributed by atoms with Crippen molar-refractivity contribution in [1.29, 1.82) is 0 Å². The highest BCUT2D eigenvalue weighted by molar-refractivity contribution is 8.00. The lowest BCUT2D eigenvalue weighted by Gasteiger charge is -2.44. The van der Waals surface area contributed by atoms with Crippen LogP contribution < -0.4 is 0 Å². The van der Waals surface area contributed by atoms with Crippen molar-refractivity contribution in [2.45, 2.75) is 20.5 Å². The number of thioether (sulfide) groups is 1. The predicted molar refractivity (Wildman–Crippen MR) is 70.7 cm³/mol. The molecule has 16 heavy (non-hydrogen) atoms. The van der Waals surface area contributed by atoms with E-state index < -0.39 is 0 Å². The van der Waals surface area contributed by atoms with E-state index in [1.165, 1.54) is 17.1 Å². The van der Waals surface area contributed by atoms with Crippen molar-refractivity contribution in [2.75, 3.05) is 18.1 Å². The molecule has 0 radical (unpaired) electrons. The second-order valence-electron chi connectivity index (χ2n) is 4.99. The fourth-order valence-electron chi connectivity index (χ4n) is 1.89. The lowest BCUT2D eigenvalue weighted by atomic mass is 9.81. The Labute approximate surface area is 103 Å². The molecule has 88 valence electrons. The van der Waals surface area contributed by atoms with E-state index >= 15 is 0 Å². The molecule has 0 aromatic heterocycles. The summed E-state index contributed by atoms with van der Waals surface area (Å²) >= 11 is 2.04. The topological polar surface area (TPSA) is 9.23 Å². The third-order valence-corrected chi connectivity index (χ3v) is 5.06. The Balaban J connectivity index is 1.79. The summed E-state index contributed by atoms with van der Waals surface area (Å²) in [7, 11) is 0. The van der Waals surface area contributed by atoms with Gasteiger partial charge in [-0.1, -0.05) is 44.2 Å². The molecular formula is C14H20OS. The highest BCUT2D eigenvalue weighted by Gasteiger charge is 2.40. The first-order valence-electron chi connectivity index (χ1n) is 5.92. The van der Waals surface area contributed by atoms with Crippen LogP contribution in [0.2, 0.25) is 0 Å². The minimum Gasteiger partial charge on any atom is -0.376 e. The third kappa shape index (κ3) is 2.61. The maximum atomic E-state index is 5.87. The molecule has 1 fully saturated rings. The van der Waals surface area contributed by atoms with Crippen LogP contribution in [-0.4, -0.2) is 18.1 Å². The highest BCUT2D eigenvalue weighted by atomic mass is 32.2. The van der Waals surface area contributed by atoms with Crippen molar-refractivity contribution in [3.8, 4) is 0 Å². The summed E-state index contributed by atoms with van der Waals surface area (Å²) in [5, 5.41) is 0. The van der Waals surface area contributed by atoms with Crippen LogP contribution in [0.5, 0.6) is 0 Å². The summed E-state index contributed by atoms with van der Waals surface area (Å²) in [6.07, 6.45) is 0. The monoisotopic (exact) mass is 236 g/mol. The van der Waals surface area contributed by atoms with E-state index in [-0.39, 0.29) is 0 Å². The number of hydrogen-bond donors (Lipinski definition) is 0. The molecule has 1 heterocycles. The maximum absolute atomic E-state index is 5.87. The van der Waals surface area contributed by atoms with Gasteiger partial charge >= 0.3 is 0 Å². The van der Waals surface area contributed by atoms with E-state index in [0.29, 0.717) is 5.41 Å². The first-order valence-corrected chi connectivity index (χ1v) is 7.08. The van der Waals surface area contributed by atoms with Gasteiger partial charge in [0, 0.05) is 16.9 Å². The molecule has 1 nitrogen and oxygen atoms in total. The standard InChI is InChI=1S/C14H20OS/c1-12(2)14(10-16-11-14)9-15-8-13-6-4-3-5-7-13/h3-7,12H,8-11H2,1-2H3. The molecule has 1 aliphatic rings. The van der Waals surface area contributed by atoms with Gasteiger partial charge in [0.25, 0.3) is 0 Å². The van der Waals surface area contributed by atoms with Gasteiger partial charge in [0.05, 0.1) is 13.2 Å². The van der Waals surface area contributed by atoms with Gasteiger partial charge in [0.15, 0.2) is 0 Å². The second-order valence-corrected chi connectivity index (χ2v) is 5.97. The molecule has 1 aromatic carbocycles. The van der Waals surface area contributed by atoms with E-state index in [2.05, 4.69) is 38.1 Å². The molecule has 1 aromatic rings. The van der Waals surface area contributed by atoms with Gasteiger partial charge < -0.3 is 4.74 Å². The van der Waals surface area contributed by atoms with Gasteiger partial charge in [0.1, 0.15) is 0 Å². The Morgan fingerprint density at radius 2 is 1.94 bits per heavy atom. The Morgan fingerprint density at radius 1 is 1.25 bits per heavy atom. The van der Waals surface area contributed by atoms with Crippen LogP contribution in [0.4, 0.5) is 0 Å². The molecule has 0 aliphatic carbocycles. The molecule has 2 heteroatoms. The number of benzene rings is 1.